The first kappa shape index (κ1) is 19.3. The molecule has 2 N–H and O–H groups in total. The fourth-order valence-electron chi connectivity index (χ4n) is 3.13. The minimum atomic E-state index is 0.530. The van der Waals surface area contributed by atoms with E-state index in [0.717, 1.165) is 17.0 Å². The Labute approximate surface area is 155 Å². The molecular weight excluding hydrogens is 364 g/mol. The Kier molecular flexibility index (Phi) is 8.06. The number of likely N-dealkylation sites (tertiary alicyclic amines) is 1. The summed E-state index contributed by atoms with van der Waals surface area (Å²) in [5, 5.41) is 7.01. The maximum atomic E-state index is 4.79. The minimum absolute atomic E-state index is 0.530. The maximum Gasteiger partial charge on any atom is 0.191 e. The quantitative estimate of drug-likeness (QED) is 0.570. The summed E-state index contributed by atoms with van der Waals surface area (Å²) in [5.74, 6) is 0.939. The molecule has 1 aromatic rings. The van der Waals surface area contributed by atoms with E-state index in [4.69, 9.17) is 4.99 Å². The van der Waals surface area contributed by atoms with Crippen LogP contribution in [0.5, 0.6) is 0 Å². The number of halogens is 1. The highest BCUT2D eigenvalue weighted by atomic mass is 79.9. The van der Waals surface area contributed by atoms with Gasteiger partial charge < -0.3 is 15.5 Å². The second-order valence-electron chi connectivity index (χ2n) is 6.53. The van der Waals surface area contributed by atoms with E-state index in [1.54, 1.807) is 0 Å². The van der Waals surface area contributed by atoms with E-state index < -0.39 is 0 Å². The van der Waals surface area contributed by atoms with Crippen molar-refractivity contribution >= 4 is 21.9 Å². The van der Waals surface area contributed by atoms with Crippen LogP contribution in [0.4, 0.5) is 0 Å². The van der Waals surface area contributed by atoms with Gasteiger partial charge in [0.25, 0.3) is 0 Å². The normalized spacial score (nSPS) is 17.1. The number of aryl methyl sites for hydroxylation is 1. The highest BCUT2D eigenvalue weighted by Gasteiger charge is 2.19. The van der Waals surface area contributed by atoms with Gasteiger partial charge in [0, 0.05) is 30.1 Å². The lowest BCUT2D eigenvalue weighted by Crippen LogP contribution is -2.48. The summed E-state index contributed by atoms with van der Waals surface area (Å²) < 4.78 is 1.12. The number of nitrogens with zero attached hydrogens (tertiary/aromatic N) is 2. The van der Waals surface area contributed by atoms with Crippen molar-refractivity contribution in [3.05, 3.63) is 33.8 Å². The molecule has 0 aromatic heterocycles. The Morgan fingerprint density at radius 2 is 2.04 bits per heavy atom. The molecule has 24 heavy (non-hydrogen) atoms. The molecule has 5 heteroatoms. The second-order valence-corrected chi connectivity index (χ2v) is 7.44. The molecule has 0 spiro atoms. The zero-order chi connectivity index (χ0) is 17.4. The number of aliphatic imine (C=N–C) groups is 1. The van der Waals surface area contributed by atoms with Gasteiger partial charge in [-0.15, -0.1) is 0 Å². The molecule has 2 rings (SSSR count). The first-order valence-corrected chi connectivity index (χ1v) is 9.94. The van der Waals surface area contributed by atoms with E-state index in [-0.39, 0.29) is 0 Å². The third-order valence-electron chi connectivity index (χ3n) is 4.52. The summed E-state index contributed by atoms with van der Waals surface area (Å²) in [5.41, 5.74) is 2.55. The van der Waals surface area contributed by atoms with E-state index in [1.165, 1.54) is 50.0 Å². The first-order valence-electron chi connectivity index (χ1n) is 9.14. The van der Waals surface area contributed by atoms with Crippen molar-refractivity contribution in [3.63, 3.8) is 0 Å². The van der Waals surface area contributed by atoms with Gasteiger partial charge in [0.15, 0.2) is 5.96 Å². The fraction of sp³-hybridized carbons (Fsp3) is 0.632. The summed E-state index contributed by atoms with van der Waals surface area (Å²) in [6, 6.07) is 6.91. The molecule has 0 aliphatic carbocycles. The molecule has 1 saturated heterocycles. The number of hydrogen-bond donors (Lipinski definition) is 2. The summed E-state index contributed by atoms with van der Waals surface area (Å²) >= 11 is 3.52. The Balaban J connectivity index is 1.91. The standard InChI is InChI=1S/C19H31BrN4/c1-4-10-24-11-8-18(9-12-24)23-19(21-5-2)22-14-16-6-7-17(20)13-15(16)3/h6-7,13,18H,4-5,8-12,14H2,1-3H3,(H2,21,22,23). The Hall–Kier alpha value is -1.07. The van der Waals surface area contributed by atoms with Crippen LogP contribution in [0.2, 0.25) is 0 Å². The van der Waals surface area contributed by atoms with Crippen LogP contribution in [-0.2, 0) is 6.54 Å². The second kappa shape index (κ2) is 10.0. The molecule has 0 bridgehead atoms. The summed E-state index contributed by atoms with van der Waals surface area (Å²) in [6.07, 6.45) is 3.64. The van der Waals surface area contributed by atoms with Gasteiger partial charge in [-0.1, -0.05) is 28.9 Å². The van der Waals surface area contributed by atoms with Crippen molar-refractivity contribution in [2.45, 2.75) is 52.6 Å². The van der Waals surface area contributed by atoms with Crippen LogP contribution in [-0.4, -0.2) is 43.1 Å². The van der Waals surface area contributed by atoms with Crippen molar-refractivity contribution in [1.29, 1.82) is 0 Å². The molecular formula is C19H31BrN4. The zero-order valence-electron chi connectivity index (χ0n) is 15.2. The predicted octanol–water partition coefficient (Wildman–Crippen LogP) is 3.69. The van der Waals surface area contributed by atoms with Crippen LogP contribution >= 0.6 is 15.9 Å². The lowest BCUT2D eigenvalue weighted by molar-refractivity contribution is 0.206. The molecule has 0 radical (unpaired) electrons. The van der Waals surface area contributed by atoms with Gasteiger partial charge in [-0.05, 0) is 62.9 Å². The fourth-order valence-corrected chi connectivity index (χ4v) is 3.61. The summed E-state index contributed by atoms with van der Waals surface area (Å²) in [4.78, 5) is 7.35. The third kappa shape index (κ3) is 6.10. The molecule has 1 aromatic carbocycles. The molecule has 0 amide bonds. The van der Waals surface area contributed by atoms with Crippen LogP contribution in [0.3, 0.4) is 0 Å². The molecule has 0 saturated carbocycles. The maximum absolute atomic E-state index is 4.79. The van der Waals surface area contributed by atoms with Crippen molar-refractivity contribution < 1.29 is 0 Å². The van der Waals surface area contributed by atoms with Crippen molar-refractivity contribution in [3.8, 4) is 0 Å². The number of piperidine rings is 1. The van der Waals surface area contributed by atoms with Gasteiger partial charge in [-0.25, -0.2) is 4.99 Å². The van der Waals surface area contributed by atoms with Gasteiger partial charge in [0.1, 0.15) is 0 Å². The molecule has 4 nitrogen and oxygen atoms in total. The summed E-state index contributed by atoms with van der Waals surface area (Å²) in [7, 11) is 0. The molecule has 1 aliphatic heterocycles. The Morgan fingerprint density at radius 1 is 1.29 bits per heavy atom. The molecule has 1 aliphatic rings. The highest BCUT2D eigenvalue weighted by Crippen LogP contribution is 2.16. The third-order valence-corrected chi connectivity index (χ3v) is 5.02. The highest BCUT2D eigenvalue weighted by molar-refractivity contribution is 9.10. The average Bonchev–Trinajstić information content (AvgIpc) is 2.56. The van der Waals surface area contributed by atoms with Crippen LogP contribution < -0.4 is 10.6 Å². The lowest BCUT2D eigenvalue weighted by Gasteiger charge is -2.32. The van der Waals surface area contributed by atoms with Crippen molar-refractivity contribution in [2.24, 2.45) is 4.99 Å². The van der Waals surface area contributed by atoms with E-state index in [0.29, 0.717) is 12.6 Å². The number of rotatable bonds is 6. The summed E-state index contributed by atoms with van der Waals surface area (Å²) in [6.45, 7) is 11.7. The van der Waals surface area contributed by atoms with Crippen LogP contribution in [0, 0.1) is 6.92 Å². The van der Waals surface area contributed by atoms with Crippen molar-refractivity contribution in [1.82, 2.24) is 15.5 Å². The minimum Gasteiger partial charge on any atom is -0.357 e. The molecule has 1 fully saturated rings. The van der Waals surface area contributed by atoms with E-state index >= 15 is 0 Å². The van der Waals surface area contributed by atoms with Gasteiger partial charge in [0.2, 0.25) is 0 Å². The average molecular weight is 395 g/mol. The number of hydrogen-bond acceptors (Lipinski definition) is 2. The van der Waals surface area contributed by atoms with Gasteiger partial charge in [0.05, 0.1) is 6.54 Å². The lowest BCUT2D eigenvalue weighted by atomic mass is 10.1. The van der Waals surface area contributed by atoms with Gasteiger partial charge in [-0.3, -0.25) is 0 Å². The van der Waals surface area contributed by atoms with Crippen LogP contribution in [0.15, 0.2) is 27.7 Å². The number of guanidine groups is 1. The monoisotopic (exact) mass is 394 g/mol. The van der Waals surface area contributed by atoms with Gasteiger partial charge in [-0.2, -0.15) is 0 Å². The largest absolute Gasteiger partial charge is 0.357 e. The molecule has 134 valence electrons. The molecule has 1 heterocycles. The van der Waals surface area contributed by atoms with E-state index in [2.05, 4.69) is 70.4 Å². The predicted molar refractivity (Wildman–Crippen MR) is 107 cm³/mol. The molecule has 0 atom stereocenters. The SMILES string of the molecule is CCCN1CCC(NC(=NCc2ccc(Br)cc2C)NCC)CC1. The van der Waals surface area contributed by atoms with Crippen molar-refractivity contribution in [2.75, 3.05) is 26.2 Å². The van der Waals surface area contributed by atoms with Crippen LogP contribution in [0.25, 0.3) is 0 Å². The Bertz CT molecular complexity index is 536. The van der Waals surface area contributed by atoms with Gasteiger partial charge >= 0.3 is 0 Å². The smallest absolute Gasteiger partial charge is 0.191 e. The topological polar surface area (TPSA) is 39.7 Å². The van der Waals surface area contributed by atoms with E-state index in [1.807, 2.05) is 0 Å². The zero-order valence-corrected chi connectivity index (χ0v) is 16.8. The molecule has 0 unspecified atom stereocenters. The van der Waals surface area contributed by atoms with E-state index in [9.17, 15) is 0 Å². The number of nitrogens with one attached hydrogen (secondary N) is 2. The number of benzene rings is 1. The first-order chi connectivity index (χ1) is 11.6. The van der Waals surface area contributed by atoms with Crippen LogP contribution in [0.1, 0.15) is 44.2 Å². The Morgan fingerprint density at radius 3 is 2.67 bits per heavy atom.